The molecule has 0 radical (unpaired) electrons. The van der Waals surface area contributed by atoms with E-state index in [2.05, 4.69) is 15.3 Å². The van der Waals surface area contributed by atoms with E-state index in [0.29, 0.717) is 5.69 Å². The highest BCUT2D eigenvalue weighted by Gasteiger charge is 2.07. The molecule has 2 aromatic heterocycles. The number of hydrogen-bond acceptors (Lipinski definition) is 5. The fourth-order valence-electron chi connectivity index (χ4n) is 1.24. The van der Waals surface area contributed by atoms with Crippen LogP contribution in [0.3, 0.4) is 0 Å². The molecule has 7 nitrogen and oxygen atoms in total. The van der Waals surface area contributed by atoms with Gasteiger partial charge in [0, 0.05) is 13.2 Å². The zero-order valence-corrected chi connectivity index (χ0v) is 9.22. The monoisotopic (exact) mass is 240 g/mol. The van der Waals surface area contributed by atoms with Gasteiger partial charge in [0.1, 0.15) is 11.4 Å². The first kappa shape index (κ1) is 10.6. The van der Waals surface area contributed by atoms with Crippen LogP contribution < -0.4 is 11.3 Å². The van der Waals surface area contributed by atoms with Crippen molar-refractivity contribution in [2.45, 2.75) is 6.54 Å². The van der Waals surface area contributed by atoms with E-state index in [9.17, 15) is 4.79 Å². The summed E-state index contributed by atoms with van der Waals surface area (Å²) in [5, 5.41) is 7.63. The fourth-order valence-corrected chi connectivity index (χ4v) is 1.36. The summed E-state index contributed by atoms with van der Waals surface area (Å²) in [4.78, 5) is 15.5. The number of aryl methyl sites for hydroxylation is 1. The number of anilines is 1. The Hall–Kier alpha value is -1.89. The van der Waals surface area contributed by atoms with Crippen LogP contribution in [0.5, 0.6) is 0 Å². The molecule has 0 saturated heterocycles. The van der Waals surface area contributed by atoms with E-state index in [1.807, 2.05) is 0 Å². The Kier molecular flexibility index (Phi) is 2.61. The third-order valence-corrected chi connectivity index (χ3v) is 2.31. The van der Waals surface area contributed by atoms with Gasteiger partial charge in [-0.15, -0.1) is 5.10 Å². The van der Waals surface area contributed by atoms with Gasteiger partial charge in [-0.2, -0.15) is 0 Å². The summed E-state index contributed by atoms with van der Waals surface area (Å²) >= 11 is 5.61. The molecule has 84 valence electrons. The SMILES string of the molecule is Cn1cc(Cn2cnc(Cl)c(N)c2=O)nn1. The third kappa shape index (κ3) is 1.89. The number of nitrogen functional groups attached to an aromatic ring is 1. The largest absolute Gasteiger partial charge is 0.392 e. The van der Waals surface area contributed by atoms with Crippen LogP contribution in [0.25, 0.3) is 0 Å². The average Bonchev–Trinajstić information content (AvgIpc) is 2.65. The second-order valence-electron chi connectivity index (χ2n) is 3.27. The molecular formula is C8H9ClN6O. The molecule has 0 saturated carbocycles. The van der Waals surface area contributed by atoms with Crippen LogP contribution in [0.2, 0.25) is 5.15 Å². The average molecular weight is 241 g/mol. The van der Waals surface area contributed by atoms with Gasteiger partial charge in [0.15, 0.2) is 5.15 Å². The zero-order valence-electron chi connectivity index (χ0n) is 8.46. The molecule has 2 N–H and O–H groups in total. The molecule has 16 heavy (non-hydrogen) atoms. The van der Waals surface area contributed by atoms with Gasteiger partial charge in [-0.25, -0.2) is 4.98 Å². The summed E-state index contributed by atoms with van der Waals surface area (Å²) in [5.74, 6) is 0. The minimum Gasteiger partial charge on any atom is -0.392 e. The fraction of sp³-hybridized carbons (Fsp3) is 0.250. The zero-order chi connectivity index (χ0) is 11.7. The number of nitrogens with two attached hydrogens (primary N) is 1. The van der Waals surface area contributed by atoms with Gasteiger partial charge in [0.2, 0.25) is 0 Å². The summed E-state index contributed by atoms with van der Waals surface area (Å²) in [5.41, 5.74) is 5.67. The molecule has 2 heterocycles. The Morgan fingerprint density at radius 1 is 1.56 bits per heavy atom. The Morgan fingerprint density at radius 3 is 2.94 bits per heavy atom. The number of rotatable bonds is 2. The molecule has 2 aromatic rings. The molecule has 0 aliphatic heterocycles. The van der Waals surface area contributed by atoms with Crippen molar-refractivity contribution in [2.24, 2.45) is 7.05 Å². The van der Waals surface area contributed by atoms with Crippen molar-refractivity contribution in [1.29, 1.82) is 0 Å². The third-order valence-electron chi connectivity index (χ3n) is 2.01. The molecule has 8 heteroatoms. The van der Waals surface area contributed by atoms with Crippen LogP contribution >= 0.6 is 11.6 Å². The van der Waals surface area contributed by atoms with E-state index in [1.54, 1.807) is 17.9 Å². The lowest BCUT2D eigenvalue weighted by molar-refractivity contribution is 0.701. The van der Waals surface area contributed by atoms with Crippen molar-refractivity contribution >= 4 is 17.3 Å². The first-order valence-corrected chi connectivity index (χ1v) is 4.81. The molecule has 0 aliphatic carbocycles. The Balaban J connectivity index is 2.36. The van der Waals surface area contributed by atoms with Crippen molar-refractivity contribution in [3.8, 4) is 0 Å². The predicted octanol–water partition coefficient (Wildman–Crippen LogP) is -0.344. The van der Waals surface area contributed by atoms with Crippen LogP contribution in [0, 0.1) is 0 Å². The van der Waals surface area contributed by atoms with Gasteiger partial charge in [-0.3, -0.25) is 14.0 Å². The van der Waals surface area contributed by atoms with Gasteiger partial charge in [-0.05, 0) is 0 Å². The van der Waals surface area contributed by atoms with Crippen LogP contribution in [0.1, 0.15) is 5.69 Å². The molecular weight excluding hydrogens is 232 g/mol. The highest BCUT2D eigenvalue weighted by atomic mass is 35.5. The number of nitrogens with zero attached hydrogens (tertiary/aromatic N) is 5. The van der Waals surface area contributed by atoms with E-state index in [4.69, 9.17) is 17.3 Å². The van der Waals surface area contributed by atoms with Gasteiger partial charge in [-0.1, -0.05) is 16.8 Å². The van der Waals surface area contributed by atoms with Crippen molar-refractivity contribution < 1.29 is 0 Å². The Bertz CT molecular complexity index is 574. The van der Waals surface area contributed by atoms with E-state index in [0.717, 1.165) is 0 Å². The molecule has 0 spiro atoms. The Labute approximate surface area is 95.5 Å². The van der Waals surface area contributed by atoms with E-state index < -0.39 is 0 Å². The molecule has 0 bridgehead atoms. The van der Waals surface area contributed by atoms with Gasteiger partial charge >= 0.3 is 0 Å². The van der Waals surface area contributed by atoms with Crippen molar-refractivity contribution in [3.05, 3.63) is 33.7 Å². The minimum atomic E-state index is -0.384. The summed E-state index contributed by atoms with van der Waals surface area (Å²) in [6, 6.07) is 0. The van der Waals surface area contributed by atoms with E-state index in [-0.39, 0.29) is 22.9 Å². The normalized spacial score (nSPS) is 10.6. The summed E-state index contributed by atoms with van der Waals surface area (Å²) < 4.78 is 2.87. The predicted molar refractivity (Wildman–Crippen MR) is 58.0 cm³/mol. The Morgan fingerprint density at radius 2 is 2.31 bits per heavy atom. The lowest BCUT2D eigenvalue weighted by Crippen LogP contribution is -2.24. The van der Waals surface area contributed by atoms with Gasteiger partial charge in [0.05, 0.1) is 12.9 Å². The first-order valence-electron chi connectivity index (χ1n) is 4.43. The molecule has 0 unspecified atom stereocenters. The summed E-state index contributed by atoms with van der Waals surface area (Å²) in [6.45, 7) is 0.265. The first-order chi connectivity index (χ1) is 7.58. The number of aromatic nitrogens is 5. The maximum absolute atomic E-state index is 11.7. The van der Waals surface area contributed by atoms with Crippen molar-refractivity contribution in [3.63, 3.8) is 0 Å². The standard InChI is InChI=1S/C8H9ClN6O/c1-14-2-5(12-13-14)3-15-4-11-7(9)6(10)8(15)16/h2,4H,3,10H2,1H3. The maximum Gasteiger partial charge on any atom is 0.278 e. The summed E-state index contributed by atoms with van der Waals surface area (Å²) in [6.07, 6.45) is 3.03. The molecule has 0 aromatic carbocycles. The van der Waals surface area contributed by atoms with Gasteiger partial charge < -0.3 is 5.73 Å². The van der Waals surface area contributed by atoms with Crippen LogP contribution in [-0.4, -0.2) is 24.5 Å². The lowest BCUT2D eigenvalue weighted by atomic mass is 10.4. The van der Waals surface area contributed by atoms with Crippen molar-refractivity contribution in [1.82, 2.24) is 24.5 Å². The number of hydrogen-bond donors (Lipinski definition) is 1. The quantitative estimate of drug-likeness (QED) is 0.725. The maximum atomic E-state index is 11.7. The number of halogens is 1. The van der Waals surface area contributed by atoms with Gasteiger partial charge in [0.25, 0.3) is 5.56 Å². The lowest BCUT2D eigenvalue weighted by Gasteiger charge is -2.03. The topological polar surface area (TPSA) is 91.6 Å². The van der Waals surface area contributed by atoms with E-state index in [1.165, 1.54) is 10.9 Å². The summed E-state index contributed by atoms with van der Waals surface area (Å²) in [7, 11) is 1.74. The molecule has 0 aliphatic rings. The van der Waals surface area contributed by atoms with Crippen LogP contribution in [0.4, 0.5) is 5.69 Å². The minimum absolute atomic E-state index is 0.0143. The molecule has 0 fully saturated rings. The second kappa shape index (κ2) is 3.93. The molecule has 0 atom stereocenters. The highest BCUT2D eigenvalue weighted by molar-refractivity contribution is 6.31. The molecule has 2 rings (SSSR count). The smallest absolute Gasteiger partial charge is 0.278 e. The highest BCUT2D eigenvalue weighted by Crippen LogP contribution is 2.08. The second-order valence-corrected chi connectivity index (χ2v) is 3.62. The van der Waals surface area contributed by atoms with Crippen LogP contribution in [-0.2, 0) is 13.6 Å². The molecule has 0 amide bonds. The van der Waals surface area contributed by atoms with E-state index >= 15 is 0 Å². The van der Waals surface area contributed by atoms with Crippen LogP contribution in [0.15, 0.2) is 17.3 Å². The van der Waals surface area contributed by atoms with Crippen molar-refractivity contribution in [2.75, 3.05) is 5.73 Å².